The number of carbonyl (C=O) groups is 1. The zero-order chi connectivity index (χ0) is 18.0. The van der Waals surface area contributed by atoms with Crippen molar-refractivity contribution < 1.29 is 4.79 Å². The van der Waals surface area contributed by atoms with Crippen LogP contribution in [-0.2, 0) is 4.79 Å². The third-order valence-electron chi connectivity index (χ3n) is 7.88. The fourth-order valence-corrected chi connectivity index (χ4v) is 6.36. The van der Waals surface area contributed by atoms with Gasteiger partial charge in [0.25, 0.3) is 0 Å². The zero-order valence-electron chi connectivity index (χ0n) is 16.9. The lowest BCUT2D eigenvalue weighted by molar-refractivity contribution is -0.130. The van der Waals surface area contributed by atoms with Crippen LogP contribution in [0.5, 0.6) is 0 Å². The van der Waals surface area contributed by atoms with Gasteiger partial charge in [0.15, 0.2) is 0 Å². The van der Waals surface area contributed by atoms with Crippen LogP contribution in [0.25, 0.3) is 0 Å². The van der Waals surface area contributed by atoms with E-state index in [9.17, 15) is 4.79 Å². The number of likely N-dealkylation sites (tertiary alicyclic amines) is 3. The normalized spacial score (nSPS) is 33.2. The molecule has 3 aliphatic heterocycles. The first kappa shape index (κ1) is 18.7. The van der Waals surface area contributed by atoms with Gasteiger partial charge in [0.2, 0.25) is 5.91 Å². The third kappa shape index (κ3) is 4.27. The number of nitrogens with zero attached hydrogens (tertiary/aromatic N) is 3. The Morgan fingerprint density at radius 3 is 2.38 bits per heavy atom. The molecule has 4 nitrogen and oxygen atoms in total. The van der Waals surface area contributed by atoms with E-state index >= 15 is 0 Å². The van der Waals surface area contributed by atoms with Crippen LogP contribution in [0, 0.1) is 11.3 Å². The Morgan fingerprint density at radius 2 is 1.65 bits per heavy atom. The molecule has 1 saturated carbocycles. The molecule has 0 aromatic heterocycles. The van der Waals surface area contributed by atoms with Crippen LogP contribution < -0.4 is 0 Å². The first-order valence-corrected chi connectivity index (χ1v) is 11.4. The molecule has 0 bridgehead atoms. The van der Waals surface area contributed by atoms with Crippen LogP contribution in [0.1, 0.15) is 71.1 Å². The van der Waals surface area contributed by atoms with E-state index in [-0.39, 0.29) is 5.91 Å². The van der Waals surface area contributed by atoms with Crippen molar-refractivity contribution in [2.45, 2.75) is 77.2 Å². The molecule has 0 aromatic carbocycles. The number of rotatable bonds is 3. The zero-order valence-corrected chi connectivity index (χ0v) is 16.9. The molecule has 0 radical (unpaired) electrons. The van der Waals surface area contributed by atoms with E-state index in [1.165, 1.54) is 96.9 Å². The van der Waals surface area contributed by atoms with E-state index in [1.807, 2.05) is 4.90 Å². The van der Waals surface area contributed by atoms with E-state index in [4.69, 9.17) is 0 Å². The van der Waals surface area contributed by atoms with Gasteiger partial charge in [0, 0.05) is 45.7 Å². The molecule has 1 amide bonds. The highest BCUT2D eigenvalue weighted by Crippen LogP contribution is 2.41. The first-order chi connectivity index (χ1) is 12.6. The highest BCUT2D eigenvalue weighted by atomic mass is 16.2. The van der Waals surface area contributed by atoms with Crippen molar-refractivity contribution in [1.82, 2.24) is 14.7 Å². The number of piperidine rings is 2. The van der Waals surface area contributed by atoms with Crippen molar-refractivity contribution in [3.63, 3.8) is 0 Å². The molecule has 3 saturated heterocycles. The van der Waals surface area contributed by atoms with Gasteiger partial charge in [-0.15, -0.1) is 0 Å². The second kappa shape index (κ2) is 8.18. The minimum atomic E-state index is 0.256. The summed E-state index contributed by atoms with van der Waals surface area (Å²) in [6.07, 6.45) is 14.0. The maximum atomic E-state index is 11.6. The number of carbonyl (C=O) groups excluding carboxylic acids is 1. The van der Waals surface area contributed by atoms with Gasteiger partial charge in [-0.05, 0) is 69.4 Å². The molecule has 4 fully saturated rings. The third-order valence-corrected chi connectivity index (χ3v) is 7.88. The number of amides is 1. The highest BCUT2D eigenvalue weighted by molar-refractivity contribution is 5.73. The van der Waals surface area contributed by atoms with E-state index in [2.05, 4.69) is 9.80 Å². The summed E-state index contributed by atoms with van der Waals surface area (Å²) >= 11 is 0. The van der Waals surface area contributed by atoms with Crippen molar-refractivity contribution in [2.75, 3.05) is 45.8 Å². The van der Waals surface area contributed by atoms with Gasteiger partial charge in [-0.3, -0.25) is 9.69 Å². The minimum Gasteiger partial charge on any atom is -0.343 e. The average molecular weight is 362 g/mol. The molecule has 3 heterocycles. The molecule has 148 valence electrons. The van der Waals surface area contributed by atoms with Gasteiger partial charge in [0.1, 0.15) is 0 Å². The summed E-state index contributed by atoms with van der Waals surface area (Å²) in [4.78, 5) is 19.2. The van der Waals surface area contributed by atoms with E-state index in [0.717, 1.165) is 25.0 Å². The molecule has 1 aliphatic carbocycles. The summed E-state index contributed by atoms with van der Waals surface area (Å²) in [6.45, 7) is 10.3. The molecule has 4 heteroatoms. The maximum Gasteiger partial charge on any atom is 0.219 e. The number of hydrogen-bond acceptors (Lipinski definition) is 3. The molecule has 26 heavy (non-hydrogen) atoms. The summed E-state index contributed by atoms with van der Waals surface area (Å²) in [6, 6.07) is 0.721. The topological polar surface area (TPSA) is 26.8 Å². The lowest BCUT2D eigenvalue weighted by Crippen LogP contribution is -2.49. The fraction of sp³-hybridized carbons (Fsp3) is 0.955. The largest absolute Gasteiger partial charge is 0.343 e. The molecule has 4 aliphatic rings. The molecule has 4 rings (SSSR count). The van der Waals surface area contributed by atoms with Crippen LogP contribution in [0.4, 0.5) is 0 Å². The lowest BCUT2D eigenvalue weighted by Gasteiger charge is -2.43. The Balaban J connectivity index is 1.28. The molecule has 1 atom stereocenters. The summed E-state index contributed by atoms with van der Waals surface area (Å²) in [7, 11) is 0. The Labute approximate surface area is 160 Å². The molecule has 0 aromatic rings. The lowest BCUT2D eigenvalue weighted by atomic mass is 9.78. The van der Waals surface area contributed by atoms with Crippen molar-refractivity contribution >= 4 is 5.91 Å². The molecular formula is C22H39N3O. The predicted molar refractivity (Wildman–Crippen MR) is 106 cm³/mol. The van der Waals surface area contributed by atoms with Gasteiger partial charge in [0.05, 0.1) is 0 Å². The summed E-state index contributed by atoms with van der Waals surface area (Å²) in [5.41, 5.74) is 0.574. The van der Waals surface area contributed by atoms with Crippen LogP contribution in [0.2, 0.25) is 0 Å². The molecular weight excluding hydrogens is 322 g/mol. The Hall–Kier alpha value is -0.610. The predicted octanol–water partition coefficient (Wildman–Crippen LogP) is 3.37. The van der Waals surface area contributed by atoms with Crippen LogP contribution in [0.15, 0.2) is 0 Å². The van der Waals surface area contributed by atoms with Crippen LogP contribution >= 0.6 is 0 Å². The van der Waals surface area contributed by atoms with Gasteiger partial charge in [-0.25, -0.2) is 0 Å². The first-order valence-electron chi connectivity index (χ1n) is 11.4. The van der Waals surface area contributed by atoms with Crippen molar-refractivity contribution in [1.29, 1.82) is 0 Å². The quantitative estimate of drug-likeness (QED) is 0.771. The standard InChI is InChI=1S/C22H39N3O/c1-19(26)24-13-8-21(9-14-24)25-15-11-22(18-25)10-5-12-23(17-22)16-20-6-3-2-4-7-20/h20-21H,2-18H2,1H3/t22-/m0/s1. The van der Waals surface area contributed by atoms with Crippen molar-refractivity contribution in [3.8, 4) is 0 Å². The Bertz CT molecular complexity index is 482. The minimum absolute atomic E-state index is 0.256. The molecule has 0 N–H and O–H groups in total. The summed E-state index contributed by atoms with van der Waals surface area (Å²) in [5.74, 6) is 1.24. The smallest absolute Gasteiger partial charge is 0.219 e. The SMILES string of the molecule is CC(=O)N1CCC(N2CC[C@]3(CCCN(CC4CCCCC4)C3)C2)CC1. The van der Waals surface area contributed by atoms with E-state index in [1.54, 1.807) is 6.92 Å². The monoisotopic (exact) mass is 361 g/mol. The Kier molecular flexibility index (Phi) is 5.90. The molecule has 1 spiro atoms. The summed E-state index contributed by atoms with van der Waals surface area (Å²) in [5, 5.41) is 0. The average Bonchev–Trinajstić information content (AvgIpc) is 3.06. The van der Waals surface area contributed by atoms with Crippen molar-refractivity contribution in [2.24, 2.45) is 11.3 Å². The van der Waals surface area contributed by atoms with Gasteiger partial charge >= 0.3 is 0 Å². The Morgan fingerprint density at radius 1 is 0.885 bits per heavy atom. The second-order valence-corrected chi connectivity index (χ2v) is 9.80. The van der Waals surface area contributed by atoms with Crippen molar-refractivity contribution in [3.05, 3.63) is 0 Å². The highest BCUT2D eigenvalue weighted by Gasteiger charge is 2.43. The van der Waals surface area contributed by atoms with Gasteiger partial charge in [-0.1, -0.05) is 19.3 Å². The summed E-state index contributed by atoms with van der Waals surface area (Å²) < 4.78 is 0. The van der Waals surface area contributed by atoms with E-state index < -0.39 is 0 Å². The van der Waals surface area contributed by atoms with Crippen LogP contribution in [-0.4, -0.2) is 72.5 Å². The molecule has 0 unspecified atom stereocenters. The van der Waals surface area contributed by atoms with Crippen LogP contribution in [0.3, 0.4) is 0 Å². The van der Waals surface area contributed by atoms with Gasteiger partial charge < -0.3 is 9.80 Å². The maximum absolute atomic E-state index is 11.6. The van der Waals surface area contributed by atoms with E-state index in [0.29, 0.717) is 5.41 Å². The number of hydrogen-bond donors (Lipinski definition) is 0. The fourth-order valence-electron chi connectivity index (χ4n) is 6.36. The second-order valence-electron chi connectivity index (χ2n) is 9.80. The van der Waals surface area contributed by atoms with Gasteiger partial charge in [-0.2, -0.15) is 0 Å².